The third kappa shape index (κ3) is 3.09. The summed E-state index contributed by atoms with van der Waals surface area (Å²) in [6.07, 6.45) is 2.26. The van der Waals surface area contributed by atoms with Crippen molar-refractivity contribution in [3.8, 4) is 0 Å². The number of aromatic nitrogens is 3. The predicted molar refractivity (Wildman–Crippen MR) is 92.9 cm³/mol. The van der Waals surface area contributed by atoms with Gasteiger partial charge in [-0.1, -0.05) is 30.3 Å². The molecule has 3 N–H and O–H groups in total. The standard InChI is InChI=1S/C18H20N4O3/c23-10-15-14(24)8-16(25-15)22-11-21-17-13(22)6-7-19-18(17)20-9-12-4-2-1-3-5-12/h1-7,11,14-16,23-24H,8-10H2,(H,19,20)/t14-,15?,16?/m0/s1. The summed E-state index contributed by atoms with van der Waals surface area (Å²) in [7, 11) is 0. The zero-order valence-corrected chi connectivity index (χ0v) is 13.6. The number of benzene rings is 1. The Balaban J connectivity index is 1.58. The lowest BCUT2D eigenvalue weighted by Gasteiger charge is -2.14. The van der Waals surface area contributed by atoms with Crippen molar-refractivity contribution in [3.63, 3.8) is 0 Å². The summed E-state index contributed by atoms with van der Waals surface area (Å²) in [4.78, 5) is 8.86. The second kappa shape index (κ2) is 6.79. The van der Waals surface area contributed by atoms with Crippen LogP contribution in [0.5, 0.6) is 0 Å². The topological polar surface area (TPSA) is 92.4 Å². The van der Waals surface area contributed by atoms with Gasteiger partial charge in [-0.2, -0.15) is 0 Å². The van der Waals surface area contributed by atoms with Crippen molar-refractivity contribution in [3.05, 3.63) is 54.5 Å². The van der Waals surface area contributed by atoms with Crippen LogP contribution in [0.25, 0.3) is 11.0 Å². The fourth-order valence-electron chi connectivity index (χ4n) is 3.15. The Morgan fingerprint density at radius 3 is 2.80 bits per heavy atom. The SMILES string of the molecule is OCC1OC(n2cnc3c(NCc4ccccc4)nccc32)C[C@@H]1O. The lowest BCUT2D eigenvalue weighted by molar-refractivity contribution is -0.0430. The second-order valence-electron chi connectivity index (χ2n) is 6.13. The number of rotatable bonds is 5. The van der Waals surface area contributed by atoms with E-state index in [0.29, 0.717) is 18.8 Å². The fourth-order valence-corrected chi connectivity index (χ4v) is 3.15. The first-order chi connectivity index (χ1) is 12.3. The van der Waals surface area contributed by atoms with Crippen LogP contribution in [-0.2, 0) is 11.3 Å². The van der Waals surface area contributed by atoms with Crippen LogP contribution < -0.4 is 5.32 Å². The van der Waals surface area contributed by atoms with E-state index in [4.69, 9.17) is 4.74 Å². The molecule has 2 unspecified atom stereocenters. The number of hydrogen-bond donors (Lipinski definition) is 3. The highest BCUT2D eigenvalue weighted by atomic mass is 16.5. The number of nitrogens with zero attached hydrogens (tertiary/aromatic N) is 3. The molecular formula is C18H20N4O3. The Kier molecular flexibility index (Phi) is 4.35. The van der Waals surface area contributed by atoms with Crippen molar-refractivity contribution in [2.45, 2.75) is 31.4 Å². The molecular weight excluding hydrogens is 320 g/mol. The molecule has 1 aliphatic rings. The Labute approximate surface area is 144 Å². The molecule has 0 amide bonds. The zero-order chi connectivity index (χ0) is 17.2. The molecule has 1 aromatic carbocycles. The molecule has 7 nitrogen and oxygen atoms in total. The maximum absolute atomic E-state index is 9.95. The molecule has 25 heavy (non-hydrogen) atoms. The quantitative estimate of drug-likeness (QED) is 0.654. The normalized spacial score (nSPS) is 23.2. The first-order valence-electron chi connectivity index (χ1n) is 8.30. The molecule has 1 saturated heterocycles. The molecule has 4 rings (SSSR count). The van der Waals surface area contributed by atoms with Crippen LogP contribution in [0.15, 0.2) is 48.9 Å². The highest BCUT2D eigenvalue weighted by Gasteiger charge is 2.35. The minimum atomic E-state index is -0.676. The maximum atomic E-state index is 9.95. The summed E-state index contributed by atoms with van der Waals surface area (Å²) in [5, 5.41) is 22.5. The molecule has 1 fully saturated rings. The van der Waals surface area contributed by atoms with Crippen LogP contribution in [0, 0.1) is 0 Å². The van der Waals surface area contributed by atoms with Crippen LogP contribution in [0.3, 0.4) is 0 Å². The van der Waals surface area contributed by atoms with Crippen LogP contribution in [0.4, 0.5) is 5.82 Å². The number of ether oxygens (including phenoxy) is 1. The molecule has 0 aliphatic carbocycles. The summed E-state index contributed by atoms with van der Waals surface area (Å²) in [5.41, 5.74) is 2.79. The molecule has 0 spiro atoms. The number of anilines is 1. The minimum absolute atomic E-state index is 0.199. The van der Waals surface area contributed by atoms with Gasteiger partial charge in [0.2, 0.25) is 0 Å². The van der Waals surface area contributed by atoms with Gasteiger partial charge in [0.25, 0.3) is 0 Å². The summed E-state index contributed by atoms with van der Waals surface area (Å²) < 4.78 is 7.61. The van der Waals surface area contributed by atoms with E-state index in [0.717, 1.165) is 16.6 Å². The van der Waals surface area contributed by atoms with Crippen LogP contribution in [0.2, 0.25) is 0 Å². The zero-order valence-electron chi connectivity index (χ0n) is 13.6. The van der Waals surface area contributed by atoms with Gasteiger partial charge >= 0.3 is 0 Å². The van der Waals surface area contributed by atoms with E-state index in [1.54, 1.807) is 12.5 Å². The average Bonchev–Trinajstić information content (AvgIpc) is 3.24. The van der Waals surface area contributed by atoms with Crippen LogP contribution in [-0.4, -0.2) is 43.6 Å². The second-order valence-corrected chi connectivity index (χ2v) is 6.13. The van der Waals surface area contributed by atoms with Crippen molar-refractivity contribution in [2.75, 3.05) is 11.9 Å². The monoisotopic (exact) mass is 340 g/mol. The first-order valence-corrected chi connectivity index (χ1v) is 8.30. The lowest BCUT2D eigenvalue weighted by atomic mass is 10.2. The van der Waals surface area contributed by atoms with E-state index in [2.05, 4.69) is 27.4 Å². The van der Waals surface area contributed by atoms with Crippen LogP contribution >= 0.6 is 0 Å². The van der Waals surface area contributed by atoms with Crippen LogP contribution in [0.1, 0.15) is 18.2 Å². The number of fused-ring (bicyclic) bond motifs is 1. The van der Waals surface area contributed by atoms with Gasteiger partial charge in [-0.25, -0.2) is 9.97 Å². The molecule has 2 aromatic heterocycles. The van der Waals surface area contributed by atoms with Crippen molar-refractivity contribution >= 4 is 16.9 Å². The van der Waals surface area contributed by atoms with E-state index in [9.17, 15) is 10.2 Å². The smallest absolute Gasteiger partial charge is 0.154 e. The third-order valence-electron chi connectivity index (χ3n) is 4.49. The summed E-state index contributed by atoms with van der Waals surface area (Å²) in [6, 6.07) is 12.0. The van der Waals surface area contributed by atoms with E-state index in [1.165, 1.54) is 0 Å². The third-order valence-corrected chi connectivity index (χ3v) is 4.49. The molecule has 3 aromatic rings. The molecule has 3 atom stereocenters. The average molecular weight is 340 g/mol. The number of aliphatic hydroxyl groups excluding tert-OH is 2. The van der Waals surface area contributed by atoms with Crippen molar-refractivity contribution < 1.29 is 14.9 Å². The Bertz CT molecular complexity index is 852. The van der Waals surface area contributed by atoms with Gasteiger partial charge in [-0.15, -0.1) is 0 Å². The Morgan fingerprint density at radius 2 is 2.04 bits per heavy atom. The highest BCUT2D eigenvalue weighted by molar-refractivity contribution is 5.85. The van der Waals surface area contributed by atoms with Gasteiger partial charge in [0.15, 0.2) is 5.82 Å². The van der Waals surface area contributed by atoms with E-state index in [1.807, 2.05) is 28.8 Å². The van der Waals surface area contributed by atoms with Gasteiger partial charge in [0, 0.05) is 19.2 Å². The highest BCUT2D eigenvalue weighted by Crippen LogP contribution is 2.32. The van der Waals surface area contributed by atoms with E-state index in [-0.39, 0.29) is 12.8 Å². The fraction of sp³-hybridized carbons (Fsp3) is 0.333. The van der Waals surface area contributed by atoms with Crippen molar-refractivity contribution in [2.24, 2.45) is 0 Å². The van der Waals surface area contributed by atoms with Gasteiger partial charge in [0.05, 0.1) is 24.6 Å². The summed E-state index contributed by atoms with van der Waals surface area (Å²) >= 11 is 0. The van der Waals surface area contributed by atoms with Crippen molar-refractivity contribution in [1.29, 1.82) is 0 Å². The number of nitrogens with one attached hydrogen (secondary N) is 1. The molecule has 1 aliphatic heterocycles. The molecule has 0 radical (unpaired) electrons. The largest absolute Gasteiger partial charge is 0.394 e. The molecule has 130 valence electrons. The summed E-state index contributed by atoms with van der Waals surface area (Å²) in [5.74, 6) is 0.706. The molecule has 0 bridgehead atoms. The molecule has 7 heteroatoms. The van der Waals surface area contributed by atoms with Crippen molar-refractivity contribution in [1.82, 2.24) is 14.5 Å². The Morgan fingerprint density at radius 1 is 1.20 bits per heavy atom. The maximum Gasteiger partial charge on any atom is 0.154 e. The molecule has 0 saturated carbocycles. The van der Waals surface area contributed by atoms with Gasteiger partial charge < -0.3 is 24.8 Å². The first kappa shape index (κ1) is 16.0. The lowest BCUT2D eigenvalue weighted by Crippen LogP contribution is -2.24. The number of imidazole rings is 1. The number of hydrogen-bond acceptors (Lipinski definition) is 6. The molecule has 3 heterocycles. The number of pyridine rings is 1. The van der Waals surface area contributed by atoms with E-state index < -0.39 is 12.2 Å². The van der Waals surface area contributed by atoms with Gasteiger partial charge in [-0.3, -0.25) is 0 Å². The number of aliphatic hydroxyl groups is 2. The Hall–Kier alpha value is -2.48. The van der Waals surface area contributed by atoms with Gasteiger partial charge in [0.1, 0.15) is 17.8 Å². The van der Waals surface area contributed by atoms with Gasteiger partial charge in [-0.05, 0) is 11.6 Å². The minimum Gasteiger partial charge on any atom is -0.394 e. The summed E-state index contributed by atoms with van der Waals surface area (Å²) in [6.45, 7) is 0.459. The van der Waals surface area contributed by atoms with E-state index >= 15 is 0 Å². The predicted octanol–water partition coefficient (Wildman–Crippen LogP) is 1.68.